The molecule has 0 radical (unpaired) electrons. The molecule has 0 bridgehead atoms. The average molecular weight is 396 g/mol. The second kappa shape index (κ2) is 9.74. The highest BCUT2D eigenvalue weighted by Crippen LogP contribution is 2.41. The van der Waals surface area contributed by atoms with Gasteiger partial charge in [-0.2, -0.15) is 0 Å². The van der Waals surface area contributed by atoms with Gasteiger partial charge in [-0.05, 0) is 67.3 Å². The first kappa shape index (κ1) is 22.7. The van der Waals surface area contributed by atoms with Gasteiger partial charge in [0.25, 0.3) is 0 Å². The summed E-state index contributed by atoms with van der Waals surface area (Å²) in [5.41, 5.74) is 1.55. The molecule has 0 heterocycles. The van der Waals surface area contributed by atoms with Crippen LogP contribution < -0.4 is 0 Å². The molecular formula is C24H39ClFN. The third kappa shape index (κ3) is 6.75. The van der Waals surface area contributed by atoms with E-state index in [1.54, 1.807) is 6.07 Å². The molecule has 1 aromatic carbocycles. The summed E-state index contributed by atoms with van der Waals surface area (Å²) in [6, 6.07) is 5.91. The van der Waals surface area contributed by atoms with Gasteiger partial charge in [0, 0.05) is 12.0 Å². The van der Waals surface area contributed by atoms with E-state index in [1.165, 1.54) is 37.7 Å². The van der Waals surface area contributed by atoms with E-state index in [2.05, 4.69) is 46.4 Å². The summed E-state index contributed by atoms with van der Waals surface area (Å²) in [7, 11) is 0. The molecule has 27 heavy (non-hydrogen) atoms. The van der Waals surface area contributed by atoms with E-state index < -0.39 is 0 Å². The van der Waals surface area contributed by atoms with E-state index in [9.17, 15) is 4.39 Å². The zero-order chi connectivity index (χ0) is 20.2. The largest absolute Gasteiger partial charge is 0.300 e. The van der Waals surface area contributed by atoms with Crippen LogP contribution in [0.2, 0.25) is 5.02 Å². The fourth-order valence-electron chi connectivity index (χ4n) is 4.41. The van der Waals surface area contributed by atoms with Crippen molar-refractivity contribution in [1.29, 1.82) is 0 Å². The smallest absolute Gasteiger partial charge is 0.141 e. The van der Waals surface area contributed by atoms with Crippen LogP contribution in [0.4, 0.5) is 4.39 Å². The second-order valence-electron chi connectivity index (χ2n) is 10.2. The number of hydrogen-bond acceptors (Lipinski definition) is 1. The molecule has 0 spiro atoms. The van der Waals surface area contributed by atoms with Crippen LogP contribution in [0.5, 0.6) is 0 Å². The van der Waals surface area contributed by atoms with Crippen molar-refractivity contribution in [2.24, 2.45) is 17.3 Å². The van der Waals surface area contributed by atoms with Gasteiger partial charge < -0.3 is 0 Å². The predicted octanol–water partition coefficient (Wildman–Crippen LogP) is 7.54. The minimum atomic E-state index is -0.315. The molecule has 1 nitrogen and oxygen atoms in total. The van der Waals surface area contributed by atoms with Gasteiger partial charge in [0.05, 0.1) is 5.02 Å². The Morgan fingerprint density at radius 2 is 1.89 bits per heavy atom. The Balaban J connectivity index is 2.28. The fourth-order valence-corrected chi connectivity index (χ4v) is 4.60. The number of rotatable bonds is 7. The zero-order valence-electron chi connectivity index (χ0n) is 18.2. The summed E-state index contributed by atoms with van der Waals surface area (Å²) in [4.78, 5) is 2.74. The van der Waals surface area contributed by atoms with Gasteiger partial charge >= 0.3 is 0 Å². The molecule has 1 saturated carbocycles. The maximum absolute atomic E-state index is 13.7. The van der Waals surface area contributed by atoms with Gasteiger partial charge in [-0.1, -0.05) is 72.1 Å². The van der Waals surface area contributed by atoms with Crippen LogP contribution in [-0.2, 0) is 0 Å². The van der Waals surface area contributed by atoms with E-state index >= 15 is 0 Å². The van der Waals surface area contributed by atoms with Crippen molar-refractivity contribution >= 4 is 11.6 Å². The van der Waals surface area contributed by atoms with Crippen LogP contribution in [-0.4, -0.2) is 24.0 Å². The molecule has 154 valence electrons. The Labute approximate surface area is 171 Å². The Kier molecular flexibility index (Phi) is 8.19. The Bertz CT molecular complexity index is 593. The highest BCUT2D eigenvalue weighted by Gasteiger charge is 2.36. The lowest BCUT2D eigenvalue weighted by Gasteiger charge is -2.44. The van der Waals surface area contributed by atoms with Gasteiger partial charge in [0.1, 0.15) is 5.82 Å². The molecule has 0 aromatic heterocycles. The first-order valence-electron chi connectivity index (χ1n) is 10.8. The fraction of sp³-hybridized carbons (Fsp3) is 0.750. The van der Waals surface area contributed by atoms with Crippen molar-refractivity contribution in [3.05, 3.63) is 34.6 Å². The van der Waals surface area contributed by atoms with E-state index in [0.29, 0.717) is 29.2 Å². The third-order valence-corrected chi connectivity index (χ3v) is 6.42. The minimum absolute atomic E-state index is 0.257. The van der Waals surface area contributed by atoms with Crippen LogP contribution in [0.15, 0.2) is 18.2 Å². The Morgan fingerprint density at radius 1 is 1.19 bits per heavy atom. The third-order valence-electron chi connectivity index (χ3n) is 6.13. The molecule has 0 saturated heterocycles. The molecular weight excluding hydrogens is 357 g/mol. The lowest BCUT2D eigenvalue weighted by molar-refractivity contribution is 0.0929. The van der Waals surface area contributed by atoms with Gasteiger partial charge in [-0.25, -0.2) is 4.39 Å². The van der Waals surface area contributed by atoms with Gasteiger partial charge in [0.2, 0.25) is 0 Å². The van der Waals surface area contributed by atoms with Crippen molar-refractivity contribution in [3.8, 4) is 0 Å². The summed E-state index contributed by atoms with van der Waals surface area (Å²) >= 11 is 6.14. The van der Waals surface area contributed by atoms with E-state index in [1.807, 2.05) is 12.1 Å². The van der Waals surface area contributed by atoms with Crippen molar-refractivity contribution in [3.63, 3.8) is 0 Å². The number of benzene rings is 1. The topological polar surface area (TPSA) is 3.24 Å². The number of halogens is 2. The summed E-state index contributed by atoms with van der Waals surface area (Å²) in [6.07, 6.45) is 6.18. The zero-order valence-corrected chi connectivity index (χ0v) is 19.0. The second-order valence-corrected chi connectivity index (χ2v) is 10.6. The predicted molar refractivity (Wildman–Crippen MR) is 116 cm³/mol. The average Bonchev–Trinajstić information content (AvgIpc) is 2.56. The van der Waals surface area contributed by atoms with Gasteiger partial charge in [0.15, 0.2) is 0 Å². The lowest BCUT2D eigenvalue weighted by atomic mass is 9.72. The number of nitrogens with zero attached hydrogens (tertiary/aromatic N) is 1. The molecule has 1 fully saturated rings. The van der Waals surface area contributed by atoms with Crippen LogP contribution >= 0.6 is 11.6 Å². The minimum Gasteiger partial charge on any atom is -0.300 e. The van der Waals surface area contributed by atoms with Gasteiger partial charge in [-0.15, -0.1) is 0 Å². The summed E-state index contributed by atoms with van der Waals surface area (Å²) in [6.45, 7) is 16.2. The molecule has 1 aromatic rings. The number of hydrogen-bond donors (Lipinski definition) is 0. The molecule has 2 rings (SSSR count). The molecule has 3 atom stereocenters. The first-order valence-corrected chi connectivity index (χ1v) is 11.2. The van der Waals surface area contributed by atoms with Crippen LogP contribution in [0.25, 0.3) is 0 Å². The summed E-state index contributed by atoms with van der Waals surface area (Å²) in [5, 5.41) is 0.257. The summed E-state index contributed by atoms with van der Waals surface area (Å²) < 4.78 is 13.7. The van der Waals surface area contributed by atoms with Gasteiger partial charge in [-0.3, -0.25) is 4.90 Å². The first-order chi connectivity index (χ1) is 12.6. The van der Waals surface area contributed by atoms with Crippen molar-refractivity contribution in [1.82, 2.24) is 4.90 Å². The highest BCUT2D eigenvalue weighted by molar-refractivity contribution is 6.30. The summed E-state index contributed by atoms with van der Waals surface area (Å²) in [5.74, 6) is 1.43. The molecule has 1 aliphatic rings. The van der Waals surface area contributed by atoms with Crippen molar-refractivity contribution in [2.75, 3.05) is 13.1 Å². The quantitative estimate of drug-likeness (QED) is 0.461. The molecule has 0 N–H and O–H groups in total. The normalized spacial score (nSPS) is 24.0. The molecule has 0 amide bonds. The molecule has 1 aliphatic carbocycles. The lowest BCUT2D eigenvalue weighted by Crippen LogP contribution is -2.45. The van der Waals surface area contributed by atoms with E-state index in [4.69, 9.17) is 11.6 Å². The Morgan fingerprint density at radius 3 is 2.48 bits per heavy atom. The van der Waals surface area contributed by atoms with Crippen LogP contribution in [0.1, 0.15) is 85.1 Å². The standard InChI is InChI=1S/C24H39ClFN/c1-17(2)12-14-27(15-13-24(4,5)6)22-9-7-8-18(3)23(22)19-10-11-21(26)20(25)16-19/h10-11,16-18,22-23H,7-9,12-15H2,1-6H3. The maximum atomic E-state index is 13.7. The highest BCUT2D eigenvalue weighted by atomic mass is 35.5. The van der Waals surface area contributed by atoms with Crippen molar-refractivity contribution in [2.45, 2.75) is 85.6 Å². The molecule has 3 heteroatoms. The van der Waals surface area contributed by atoms with E-state index in [0.717, 1.165) is 13.1 Å². The maximum Gasteiger partial charge on any atom is 0.141 e. The SMILES string of the molecule is CC(C)CCN(CCC(C)(C)C)C1CCCC(C)C1c1ccc(F)c(Cl)c1. The molecule has 3 unspecified atom stereocenters. The monoisotopic (exact) mass is 395 g/mol. The molecule has 0 aliphatic heterocycles. The van der Waals surface area contributed by atoms with Crippen LogP contribution in [0, 0.1) is 23.1 Å². The van der Waals surface area contributed by atoms with Crippen molar-refractivity contribution < 1.29 is 4.39 Å². The Hall–Kier alpha value is -0.600. The van der Waals surface area contributed by atoms with E-state index in [-0.39, 0.29) is 10.8 Å². The van der Waals surface area contributed by atoms with Crippen LogP contribution in [0.3, 0.4) is 0 Å².